The molecule has 7 nitrogen and oxygen atoms in total. The van der Waals surface area contributed by atoms with Crippen LogP contribution in [0.1, 0.15) is 27.8 Å². The fourth-order valence-electron chi connectivity index (χ4n) is 4.81. The second kappa shape index (κ2) is 13.5. The minimum Gasteiger partial charge on any atom is -0.497 e. The fourth-order valence-corrected chi connectivity index (χ4v) is 4.81. The highest BCUT2D eigenvalue weighted by Gasteiger charge is 2.27. The first-order valence-corrected chi connectivity index (χ1v) is 14.1. The highest BCUT2D eigenvalue weighted by Crippen LogP contribution is 2.27. The van der Waals surface area contributed by atoms with Crippen LogP contribution in [0.2, 0.25) is 0 Å². The second-order valence-corrected chi connectivity index (χ2v) is 10.5. The van der Waals surface area contributed by atoms with Gasteiger partial charge in [0.25, 0.3) is 0 Å². The van der Waals surface area contributed by atoms with Crippen molar-refractivity contribution in [1.82, 2.24) is 14.8 Å². The van der Waals surface area contributed by atoms with E-state index in [1.807, 2.05) is 55.5 Å². The Bertz CT molecular complexity index is 1650. The van der Waals surface area contributed by atoms with Gasteiger partial charge in [-0.2, -0.15) is 18.2 Å². The summed E-state index contributed by atoms with van der Waals surface area (Å²) in [6.45, 7) is 3.54. The summed E-state index contributed by atoms with van der Waals surface area (Å²) in [6, 6.07) is 30.1. The molecule has 1 aromatic heterocycles. The van der Waals surface area contributed by atoms with Crippen molar-refractivity contribution in [2.75, 3.05) is 24.4 Å². The Morgan fingerprint density at radius 1 is 0.750 bits per heavy atom. The summed E-state index contributed by atoms with van der Waals surface area (Å²) >= 11 is 0. The van der Waals surface area contributed by atoms with Gasteiger partial charge in [0.15, 0.2) is 0 Å². The van der Waals surface area contributed by atoms with E-state index in [-0.39, 0.29) is 11.5 Å². The highest BCUT2D eigenvalue weighted by molar-refractivity contribution is 5.56. The monoisotopic (exact) mass is 601 g/mol. The van der Waals surface area contributed by atoms with Crippen molar-refractivity contribution in [3.63, 3.8) is 0 Å². The number of benzene rings is 4. The third-order valence-corrected chi connectivity index (χ3v) is 7.04. The number of alkyl halides is 3. The zero-order valence-electron chi connectivity index (χ0n) is 24.8. The Morgan fingerprint density at radius 3 is 1.89 bits per heavy atom. The van der Waals surface area contributed by atoms with Gasteiger partial charge in [0.05, 0.1) is 27.2 Å². The van der Waals surface area contributed by atoms with Gasteiger partial charge in [-0.05, 0) is 65.6 Å². The molecule has 0 saturated carbocycles. The Balaban J connectivity index is 1.52. The lowest BCUT2D eigenvalue weighted by atomic mass is 10.1. The molecule has 4 aromatic carbocycles. The zero-order valence-corrected chi connectivity index (χ0v) is 24.8. The maximum atomic E-state index is 13.1. The average molecular weight is 602 g/mol. The molecule has 1 N–H and O–H groups in total. The minimum absolute atomic E-state index is 0.154. The summed E-state index contributed by atoms with van der Waals surface area (Å²) in [7, 11) is 3.25. The number of anilines is 3. The number of hydrogen-bond acceptors (Lipinski definition) is 6. The molecule has 0 bridgehead atoms. The summed E-state index contributed by atoms with van der Waals surface area (Å²) < 4.78 is 51.6. The number of nitrogens with one attached hydrogen (secondary N) is 1. The Morgan fingerprint density at radius 2 is 1.32 bits per heavy atom. The van der Waals surface area contributed by atoms with E-state index in [2.05, 4.69) is 34.5 Å². The van der Waals surface area contributed by atoms with E-state index in [4.69, 9.17) is 19.6 Å². The quantitative estimate of drug-likeness (QED) is 0.158. The van der Waals surface area contributed by atoms with E-state index >= 15 is 0 Å². The summed E-state index contributed by atoms with van der Waals surface area (Å²) in [4.78, 5) is 7.01. The maximum absolute atomic E-state index is 13.1. The maximum Gasteiger partial charge on any atom is 0.393 e. The van der Waals surface area contributed by atoms with Crippen LogP contribution < -0.4 is 19.7 Å². The molecule has 0 saturated heterocycles. The highest BCUT2D eigenvalue weighted by atomic mass is 19.4. The predicted molar refractivity (Wildman–Crippen MR) is 166 cm³/mol. The van der Waals surface area contributed by atoms with E-state index in [1.54, 1.807) is 31.0 Å². The Hall–Kier alpha value is -4.99. The number of rotatable bonds is 12. The molecule has 44 heavy (non-hydrogen) atoms. The first kappa shape index (κ1) is 30.5. The van der Waals surface area contributed by atoms with Gasteiger partial charge in [0.1, 0.15) is 11.5 Å². The molecule has 0 spiro atoms. The van der Waals surface area contributed by atoms with E-state index in [9.17, 15) is 13.2 Å². The van der Waals surface area contributed by atoms with Crippen LogP contribution in [-0.4, -0.2) is 35.2 Å². The number of aryl methyl sites for hydroxylation is 1. The average Bonchev–Trinajstić information content (AvgIpc) is 3.39. The van der Waals surface area contributed by atoms with Gasteiger partial charge in [0.2, 0.25) is 11.9 Å². The molecule has 0 aliphatic heterocycles. The summed E-state index contributed by atoms with van der Waals surface area (Å²) in [5.74, 6) is 2.39. The second-order valence-electron chi connectivity index (χ2n) is 10.5. The molecule has 228 valence electrons. The normalized spacial score (nSPS) is 11.3. The fraction of sp³-hybridized carbons (Fsp3) is 0.235. The van der Waals surface area contributed by atoms with Crippen molar-refractivity contribution in [2.45, 2.75) is 39.2 Å². The lowest BCUT2D eigenvalue weighted by molar-refractivity contribution is -0.127. The molecule has 0 amide bonds. The third kappa shape index (κ3) is 8.31. The van der Waals surface area contributed by atoms with Crippen LogP contribution in [0.4, 0.5) is 30.8 Å². The molecule has 1 heterocycles. The Kier molecular flexibility index (Phi) is 9.38. The molecule has 0 unspecified atom stereocenters. The summed E-state index contributed by atoms with van der Waals surface area (Å²) in [6.07, 6.45) is -5.32. The lowest BCUT2D eigenvalue weighted by Gasteiger charge is -2.24. The summed E-state index contributed by atoms with van der Waals surface area (Å²) in [5, 5.41) is 7.90. The number of nitrogens with zero attached hydrogens (tertiary/aromatic N) is 4. The van der Waals surface area contributed by atoms with Crippen LogP contribution in [-0.2, 0) is 26.1 Å². The van der Waals surface area contributed by atoms with Crippen LogP contribution in [0.3, 0.4) is 0 Å². The van der Waals surface area contributed by atoms with Crippen LogP contribution >= 0.6 is 0 Å². The van der Waals surface area contributed by atoms with Crippen molar-refractivity contribution in [1.29, 1.82) is 0 Å². The van der Waals surface area contributed by atoms with Crippen LogP contribution in [0.25, 0.3) is 0 Å². The van der Waals surface area contributed by atoms with Crippen molar-refractivity contribution < 1.29 is 22.6 Å². The number of halogens is 3. The molecule has 5 rings (SSSR count). The Labute approximate surface area is 254 Å². The van der Waals surface area contributed by atoms with E-state index in [0.717, 1.165) is 33.8 Å². The third-order valence-electron chi connectivity index (χ3n) is 7.04. The van der Waals surface area contributed by atoms with E-state index in [0.29, 0.717) is 31.3 Å². The molecule has 0 aliphatic carbocycles. The van der Waals surface area contributed by atoms with Gasteiger partial charge in [-0.1, -0.05) is 66.2 Å². The van der Waals surface area contributed by atoms with E-state index < -0.39 is 12.6 Å². The largest absolute Gasteiger partial charge is 0.497 e. The van der Waals surface area contributed by atoms with Crippen molar-refractivity contribution in [2.24, 2.45) is 0 Å². The molecule has 0 atom stereocenters. The van der Waals surface area contributed by atoms with Gasteiger partial charge in [-0.25, -0.2) is 4.68 Å². The van der Waals surface area contributed by atoms with Crippen molar-refractivity contribution >= 4 is 17.6 Å². The molecule has 5 aromatic rings. The molecule has 0 aliphatic rings. The molecule has 0 radical (unpaired) electrons. The zero-order chi connectivity index (χ0) is 31.1. The number of aromatic nitrogens is 3. The van der Waals surface area contributed by atoms with Gasteiger partial charge < -0.3 is 19.7 Å². The van der Waals surface area contributed by atoms with Gasteiger partial charge >= 0.3 is 6.18 Å². The number of methoxy groups -OCH3 is 2. The van der Waals surface area contributed by atoms with E-state index in [1.165, 1.54) is 12.1 Å². The molecular weight excluding hydrogens is 567 g/mol. The minimum atomic E-state index is -4.30. The number of hydrogen-bond donors (Lipinski definition) is 1. The van der Waals surface area contributed by atoms with Crippen molar-refractivity contribution in [3.8, 4) is 11.5 Å². The predicted octanol–water partition coefficient (Wildman–Crippen LogP) is 7.71. The molecule has 10 heteroatoms. The van der Waals surface area contributed by atoms with Crippen molar-refractivity contribution in [3.05, 3.63) is 125 Å². The first-order valence-electron chi connectivity index (χ1n) is 14.1. The SMILES string of the molecule is COc1ccc(CN(Cc2ccc(C)cc2)c2nc(Nc3cccc(CC(F)(F)F)c3)nn2Cc2ccc(OC)cc2)cc1. The van der Waals surface area contributed by atoms with Gasteiger partial charge in [-0.15, -0.1) is 5.10 Å². The van der Waals surface area contributed by atoms with Gasteiger partial charge in [-0.3, -0.25) is 0 Å². The smallest absolute Gasteiger partial charge is 0.393 e. The molecular formula is C34H34F3N5O2. The number of ether oxygens (including phenoxy) is 2. The van der Waals surface area contributed by atoms with Gasteiger partial charge in [0, 0.05) is 18.8 Å². The van der Waals surface area contributed by atoms with Crippen LogP contribution in [0.5, 0.6) is 11.5 Å². The first-order chi connectivity index (χ1) is 21.2. The topological polar surface area (TPSA) is 64.4 Å². The van der Waals surface area contributed by atoms with Crippen LogP contribution in [0, 0.1) is 6.92 Å². The summed E-state index contributed by atoms with van der Waals surface area (Å²) in [5.41, 5.74) is 4.91. The standard InChI is InChI=1S/C34H34F3N5O2/c1-24-7-9-25(10-8-24)21-41(22-26-11-15-30(43-2)16-12-26)33-39-32(38-29-6-4-5-28(19-29)20-34(35,36)37)40-42(33)23-27-13-17-31(44-3)18-14-27/h4-19H,20-23H2,1-3H3,(H,38,40). The molecule has 0 fully saturated rings. The van der Waals surface area contributed by atoms with Crippen LogP contribution in [0.15, 0.2) is 97.1 Å². The lowest BCUT2D eigenvalue weighted by Crippen LogP contribution is -2.26.